The lowest BCUT2D eigenvalue weighted by Gasteiger charge is -2.52. The number of amides is 1. The van der Waals surface area contributed by atoms with Crippen LogP contribution in [0.15, 0.2) is 35.9 Å². The van der Waals surface area contributed by atoms with Crippen molar-refractivity contribution in [2.45, 2.75) is 46.1 Å². The van der Waals surface area contributed by atoms with Crippen LogP contribution in [0.25, 0.3) is 0 Å². The summed E-state index contributed by atoms with van der Waals surface area (Å²) in [7, 11) is 0. The van der Waals surface area contributed by atoms with Gasteiger partial charge in [-0.15, -0.1) is 0 Å². The van der Waals surface area contributed by atoms with Crippen LogP contribution >= 0.6 is 0 Å². The molecule has 4 aliphatic rings. The van der Waals surface area contributed by atoms with E-state index in [1.54, 1.807) is 12.5 Å². The number of carbonyl (C=O) groups excluding carboxylic acids is 1. The van der Waals surface area contributed by atoms with Crippen molar-refractivity contribution in [1.82, 2.24) is 0 Å². The summed E-state index contributed by atoms with van der Waals surface area (Å²) in [5, 5.41) is 0. The zero-order chi connectivity index (χ0) is 15.6. The fraction of sp³-hybridized carbons (Fsp3) is 0.550. The maximum Gasteiger partial charge on any atom is 0.224 e. The van der Waals surface area contributed by atoms with E-state index in [1.807, 2.05) is 0 Å². The molecule has 0 spiro atoms. The van der Waals surface area contributed by atoms with Gasteiger partial charge in [-0.2, -0.15) is 0 Å². The minimum Gasteiger partial charge on any atom is -0.308 e. The van der Waals surface area contributed by atoms with E-state index in [2.05, 4.69) is 56.0 Å². The van der Waals surface area contributed by atoms with E-state index in [0.717, 1.165) is 5.69 Å². The molecule has 5 atom stereocenters. The molecule has 1 fully saturated rings. The molecular formula is C20H25NO. The van der Waals surface area contributed by atoms with Crippen LogP contribution in [0.4, 0.5) is 5.69 Å². The first-order chi connectivity index (χ1) is 10.5. The predicted molar refractivity (Wildman–Crippen MR) is 89.8 cm³/mol. The number of carbonyl (C=O) groups is 1. The Balaban J connectivity index is 1.88. The minimum atomic E-state index is 0.195. The Morgan fingerprint density at radius 1 is 1.27 bits per heavy atom. The van der Waals surface area contributed by atoms with E-state index < -0.39 is 0 Å². The third kappa shape index (κ3) is 1.70. The van der Waals surface area contributed by atoms with Crippen molar-refractivity contribution in [2.75, 3.05) is 4.90 Å². The highest BCUT2D eigenvalue weighted by Gasteiger charge is 2.55. The normalized spacial score (nSPS) is 35.4. The minimum absolute atomic E-state index is 0.195. The van der Waals surface area contributed by atoms with Gasteiger partial charge in [-0.25, -0.2) is 0 Å². The van der Waals surface area contributed by atoms with E-state index >= 15 is 0 Å². The SMILES string of the molecule is CC(=O)N1c2ccccc2[C@H]2[C@@H]1[C@H]1C=C(C)[C@@H]2C[C@@H]1C(C)C. The summed E-state index contributed by atoms with van der Waals surface area (Å²) in [5.74, 6) is 3.19. The number of hydrogen-bond donors (Lipinski definition) is 0. The number of rotatable bonds is 1. The summed E-state index contributed by atoms with van der Waals surface area (Å²) in [5.41, 5.74) is 4.10. The molecular weight excluding hydrogens is 270 g/mol. The molecule has 2 bridgehead atoms. The number of hydrogen-bond acceptors (Lipinski definition) is 1. The Kier molecular flexibility index (Phi) is 3.01. The molecule has 5 rings (SSSR count). The average molecular weight is 295 g/mol. The summed E-state index contributed by atoms with van der Waals surface area (Å²) >= 11 is 0. The Morgan fingerprint density at radius 2 is 2.00 bits per heavy atom. The fourth-order valence-corrected chi connectivity index (χ4v) is 5.43. The van der Waals surface area contributed by atoms with Gasteiger partial charge in [-0.1, -0.05) is 43.7 Å². The summed E-state index contributed by atoms with van der Waals surface area (Å²) in [6, 6.07) is 8.90. The molecule has 116 valence electrons. The van der Waals surface area contributed by atoms with Crippen molar-refractivity contribution in [3.63, 3.8) is 0 Å². The topological polar surface area (TPSA) is 20.3 Å². The van der Waals surface area contributed by atoms with Crippen LogP contribution in [0.1, 0.15) is 45.6 Å². The molecule has 2 nitrogen and oxygen atoms in total. The van der Waals surface area contributed by atoms with Crippen molar-refractivity contribution in [3.8, 4) is 0 Å². The summed E-state index contributed by atoms with van der Waals surface area (Å²) in [6.45, 7) is 8.69. The number of benzene rings is 1. The predicted octanol–water partition coefficient (Wildman–Crippen LogP) is 4.37. The first-order valence-corrected chi connectivity index (χ1v) is 8.57. The van der Waals surface area contributed by atoms with Gasteiger partial charge in [0.1, 0.15) is 0 Å². The fourth-order valence-electron chi connectivity index (χ4n) is 5.43. The van der Waals surface area contributed by atoms with Gasteiger partial charge in [-0.05, 0) is 42.7 Å². The van der Waals surface area contributed by atoms with Crippen molar-refractivity contribution >= 4 is 11.6 Å². The number of anilines is 1. The number of fused-ring (bicyclic) bond motifs is 2. The van der Waals surface area contributed by atoms with Crippen LogP contribution in [0.5, 0.6) is 0 Å². The van der Waals surface area contributed by atoms with Gasteiger partial charge in [0.2, 0.25) is 5.91 Å². The smallest absolute Gasteiger partial charge is 0.224 e. The highest BCUT2D eigenvalue weighted by Crippen LogP contribution is 2.60. The summed E-state index contributed by atoms with van der Waals surface area (Å²) in [4.78, 5) is 14.5. The molecule has 1 heterocycles. The van der Waals surface area contributed by atoms with Crippen LogP contribution in [0.3, 0.4) is 0 Å². The van der Waals surface area contributed by atoms with Gasteiger partial charge in [0, 0.05) is 24.4 Å². The Morgan fingerprint density at radius 3 is 2.68 bits per heavy atom. The number of para-hydroxylation sites is 1. The molecule has 0 N–H and O–H groups in total. The molecule has 3 aliphatic carbocycles. The number of nitrogens with zero attached hydrogens (tertiary/aromatic N) is 1. The van der Waals surface area contributed by atoms with Crippen molar-refractivity contribution in [3.05, 3.63) is 41.5 Å². The van der Waals surface area contributed by atoms with Crippen LogP contribution in [0.2, 0.25) is 0 Å². The third-order valence-electron chi connectivity index (χ3n) is 6.31. The molecule has 1 amide bonds. The lowest BCUT2D eigenvalue weighted by Crippen LogP contribution is -2.53. The molecule has 1 aliphatic heterocycles. The molecule has 0 saturated heterocycles. The molecule has 0 aromatic heterocycles. The zero-order valence-corrected chi connectivity index (χ0v) is 13.9. The second-order valence-electron chi connectivity index (χ2n) is 7.70. The van der Waals surface area contributed by atoms with Gasteiger partial charge < -0.3 is 4.90 Å². The van der Waals surface area contributed by atoms with Crippen LogP contribution in [0, 0.1) is 23.7 Å². The summed E-state index contributed by atoms with van der Waals surface area (Å²) in [6.07, 6.45) is 3.77. The van der Waals surface area contributed by atoms with Gasteiger partial charge in [-0.3, -0.25) is 4.79 Å². The van der Waals surface area contributed by atoms with E-state index in [-0.39, 0.29) is 5.91 Å². The molecule has 1 saturated carbocycles. The van der Waals surface area contributed by atoms with Gasteiger partial charge in [0.05, 0.1) is 6.04 Å². The second kappa shape index (κ2) is 4.71. The van der Waals surface area contributed by atoms with E-state index in [4.69, 9.17) is 0 Å². The Labute approximate surface area is 133 Å². The van der Waals surface area contributed by atoms with Gasteiger partial charge in [0.15, 0.2) is 0 Å². The molecule has 0 unspecified atom stereocenters. The highest BCUT2D eigenvalue weighted by atomic mass is 16.2. The lowest BCUT2D eigenvalue weighted by molar-refractivity contribution is -0.117. The Bertz CT molecular complexity index is 659. The van der Waals surface area contributed by atoms with Crippen molar-refractivity contribution in [2.24, 2.45) is 23.7 Å². The van der Waals surface area contributed by atoms with Crippen LogP contribution < -0.4 is 4.90 Å². The standard InChI is InChI=1S/C20H25NO/c1-11(2)15-10-16-12(3)9-17(15)20-19(16)14-7-5-6-8-18(14)21(20)13(4)22/h5-9,11,15-17,19-20H,10H2,1-4H3/t15-,16+,17+,19-,20+/m1/s1. The van der Waals surface area contributed by atoms with Crippen molar-refractivity contribution < 1.29 is 4.79 Å². The first kappa shape index (κ1) is 14.0. The molecule has 0 radical (unpaired) electrons. The lowest BCUT2D eigenvalue weighted by atomic mass is 9.55. The Hall–Kier alpha value is -1.57. The van der Waals surface area contributed by atoms with Gasteiger partial charge in [0.25, 0.3) is 0 Å². The van der Waals surface area contributed by atoms with Crippen LogP contribution in [-0.2, 0) is 4.79 Å². The largest absolute Gasteiger partial charge is 0.308 e. The average Bonchev–Trinajstić information content (AvgIpc) is 2.83. The van der Waals surface area contributed by atoms with E-state index in [0.29, 0.717) is 35.6 Å². The van der Waals surface area contributed by atoms with Crippen LogP contribution in [-0.4, -0.2) is 11.9 Å². The molecule has 2 heteroatoms. The maximum absolute atomic E-state index is 12.4. The second-order valence-corrected chi connectivity index (χ2v) is 7.70. The summed E-state index contributed by atoms with van der Waals surface area (Å²) < 4.78 is 0. The van der Waals surface area contributed by atoms with E-state index in [1.165, 1.54) is 12.0 Å². The quantitative estimate of drug-likeness (QED) is 0.704. The van der Waals surface area contributed by atoms with E-state index in [9.17, 15) is 4.79 Å². The molecule has 1 aromatic carbocycles. The molecule has 1 aromatic rings. The number of allylic oxidation sites excluding steroid dienone is 1. The zero-order valence-electron chi connectivity index (χ0n) is 13.9. The highest BCUT2D eigenvalue weighted by molar-refractivity contribution is 5.95. The third-order valence-corrected chi connectivity index (χ3v) is 6.31. The first-order valence-electron chi connectivity index (χ1n) is 8.57. The van der Waals surface area contributed by atoms with Gasteiger partial charge >= 0.3 is 0 Å². The monoisotopic (exact) mass is 295 g/mol. The molecule has 22 heavy (non-hydrogen) atoms. The van der Waals surface area contributed by atoms with Crippen molar-refractivity contribution in [1.29, 1.82) is 0 Å². The maximum atomic E-state index is 12.4.